The summed E-state index contributed by atoms with van der Waals surface area (Å²) in [7, 11) is 0. The summed E-state index contributed by atoms with van der Waals surface area (Å²) in [5.41, 5.74) is 7.92. The van der Waals surface area contributed by atoms with Gasteiger partial charge in [-0.1, -0.05) is 11.8 Å². The summed E-state index contributed by atoms with van der Waals surface area (Å²) < 4.78 is 0. The average Bonchev–Trinajstić information content (AvgIpc) is 2.71. The first-order chi connectivity index (χ1) is 16.5. The molecule has 0 atom stereocenters. The molecule has 0 aliphatic rings. The highest BCUT2D eigenvalue weighted by molar-refractivity contribution is 5.73. The fraction of sp³-hybridized carbons (Fsp3) is 0.261. The van der Waals surface area contributed by atoms with Gasteiger partial charge in [0.25, 0.3) is 0 Å². The molecular weight excluding hydrogens is 460 g/mol. The lowest BCUT2D eigenvalue weighted by Gasteiger charge is -2.20. The number of nitrogens with zero attached hydrogens (tertiary/aromatic N) is 3. The van der Waals surface area contributed by atoms with Gasteiger partial charge in [-0.15, -0.1) is 0 Å². The third-order valence-electron chi connectivity index (χ3n) is 4.40. The van der Waals surface area contributed by atoms with Gasteiger partial charge in [0.05, 0.1) is 37.6 Å². The number of nitrogen functional groups attached to an aromatic ring is 1. The molecule has 0 aliphatic heterocycles. The molecule has 0 saturated heterocycles. The number of benzene rings is 1. The van der Waals surface area contributed by atoms with Crippen molar-refractivity contribution in [3.63, 3.8) is 0 Å². The van der Waals surface area contributed by atoms with Crippen LogP contribution in [0.15, 0.2) is 36.4 Å². The van der Waals surface area contributed by atoms with E-state index in [1.54, 1.807) is 36.4 Å². The van der Waals surface area contributed by atoms with Crippen LogP contribution in [0.25, 0.3) is 0 Å². The fourth-order valence-corrected chi connectivity index (χ4v) is 3.15. The molecule has 0 amide bonds. The fourth-order valence-electron chi connectivity index (χ4n) is 3.15. The third-order valence-corrected chi connectivity index (χ3v) is 4.40. The maximum absolute atomic E-state index is 11.1. The molecule has 0 fully saturated rings. The Kier molecular flexibility index (Phi) is 9.71. The van der Waals surface area contributed by atoms with Gasteiger partial charge < -0.3 is 26.2 Å². The van der Waals surface area contributed by atoms with Gasteiger partial charge in [0.1, 0.15) is 0 Å². The van der Waals surface area contributed by atoms with Gasteiger partial charge in [0.15, 0.2) is 0 Å². The summed E-state index contributed by atoms with van der Waals surface area (Å²) in [5, 5.41) is 36.4. The van der Waals surface area contributed by atoms with E-state index in [4.69, 9.17) is 26.2 Å². The molecule has 2 rings (SSSR count). The summed E-state index contributed by atoms with van der Waals surface area (Å²) in [6, 6.07) is 9.91. The molecule has 1 aromatic heterocycles. The first kappa shape index (κ1) is 26.8. The first-order valence-electron chi connectivity index (χ1n) is 10.2. The van der Waals surface area contributed by atoms with Crippen molar-refractivity contribution in [2.75, 3.05) is 31.9 Å². The van der Waals surface area contributed by atoms with Crippen LogP contribution in [0, 0.1) is 11.8 Å². The number of aliphatic carboxylic acids is 4. The van der Waals surface area contributed by atoms with Gasteiger partial charge in [0, 0.05) is 29.9 Å². The summed E-state index contributed by atoms with van der Waals surface area (Å²) in [5.74, 6) is 0.989. The van der Waals surface area contributed by atoms with Crippen LogP contribution in [-0.2, 0) is 32.3 Å². The van der Waals surface area contributed by atoms with Crippen molar-refractivity contribution in [3.8, 4) is 11.8 Å². The lowest BCUT2D eigenvalue weighted by molar-refractivity contribution is -0.144. The van der Waals surface area contributed by atoms with E-state index in [9.17, 15) is 19.2 Å². The predicted molar refractivity (Wildman–Crippen MR) is 122 cm³/mol. The second kappa shape index (κ2) is 12.7. The van der Waals surface area contributed by atoms with Crippen LogP contribution in [0.5, 0.6) is 0 Å². The lowest BCUT2D eigenvalue weighted by atomic mass is 10.1. The molecule has 0 bridgehead atoms. The van der Waals surface area contributed by atoms with Crippen molar-refractivity contribution in [2.45, 2.75) is 13.1 Å². The van der Waals surface area contributed by atoms with Crippen LogP contribution < -0.4 is 5.73 Å². The van der Waals surface area contributed by atoms with E-state index in [-0.39, 0.29) is 24.5 Å². The number of nitrogens with two attached hydrogens (primary N) is 1. The van der Waals surface area contributed by atoms with Gasteiger partial charge >= 0.3 is 23.9 Å². The summed E-state index contributed by atoms with van der Waals surface area (Å²) >= 11 is 0. The van der Waals surface area contributed by atoms with E-state index >= 15 is 0 Å². The minimum Gasteiger partial charge on any atom is -0.480 e. The zero-order valence-electron chi connectivity index (χ0n) is 18.5. The van der Waals surface area contributed by atoms with Crippen LogP contribution in [0.2, 0.25) is 0 Å². The van der Waals surface area contributed by atoms with Gasteiger partial charge in [-0.2, -0.15) is 0 Å². The van der Waals surface area contributed by atoms with Crippen LogP contribution >= 0.6 is 0 Å². The van der Waals surface area contributed by atoms with Crippen LogP contribution in [0.1, 0.15) is 22.5 Å². The van der Waals surface area contributed by atoms with Gasteiger partial charge in [0.2, 0.25) is 0 Å². The average molecular weight is 484 g/mol. The highest BCUT2D eigenvalue weighted by Crippen LogP contribution is 2.12. The number of pyridine rings is 1. The Hall–Kier alpha value is -4.47. The molecule has 0 saturated carbocycles. The van der Waals surface area contributed by atoms with Crippen molar-refractivity contribution < 1.29 is 39.6 Å². The molecular formula is C23H24N4O8. The molecule has 184 valence electrons. The number of carboxylic acids is 4. The Bertz CT molecular complexity index is 1070. The standard InChI is InChI=1S/C23H24N4O8/c24-17-5-3-15(4-6-17)1-2-16-7-18(9-26(11-20(28)29)12-21(30)31)25-19(8-16)10-27(13-22(32)33)14-23(34)35/h3-8H,9-14,24H2,(H,28,29)(H,30,31)(H,32,33)(H,34,35). The maximum atomic E-state index is 11.1. The molecule has 2 aromatic rings. The van der Waals surface area contributed by atoms with Gasteiger partial charge in [-0.05, 0) is 36.4 Å². The molecule has 12 heteroatoms. The minimum atomic E-state index is -1.22. The number of hydrogen-bond donors (Lipinski definition) is 5. The van der Waals surface area contributed by atoms with Crippen molar-refractivity contribution in [2.24, 2.45) is 0 Å². The summed E-state index contributed by atoms with van der Waals surface area (Å²) in [6.07, 6.45) is 0. The molecule has 1 aromatic carbocycles. The molecule has 1 heterocycles. The Balaban J connectivity index is 2.43. The second-order valence-electron chi connectivity index (χ2n) is 7.58. The van der Waals surface area contributed by atoms with E-state index in [1.165, 1.54) is 0 Å². The van der Waals surface area contributed by atoms with Crippen molar-refractivity contribution in [1.29, 1.82) is 0 Å². The van der Waals surface area contributed by atoms with Gasteiger partial charge in [-0.25, -0.2) is 0 Å². The Labute approximate surface area is 200 Å². The highest BCUT2D eigenvalue weighted by atomic mass is 16.4. The third kappa shape index (κ3) is 10.3. The van der Waals surface area contributed by atoms with Crippen molar-refractivity contribution in [1.82, 2.24) is 14.8 Å². The number of carbonyl (C=O) groups is 4. The zero-order valence-corrected chi connectivity index (χ0v) is 18.5. The predicted octanol–water partition coefficient (Wildman–Crippen LogP) is 0.00600. The summed E-state index contributed by atoms with van der Waals surface area (Å²) in [6.45, 7) is -2.46. The Morgan fingerprint density at radius 1 is 0.686 bits per heavy atom. The number of anilines is 1. The number of hydrogen-bond acceptors (Lipinski definition) is 8. The van der Waals surface area contributed by atoms with E-state index in [0.717, 1.165) is 9.80 Å². The quantitative estimate of drug-likeness (QED) is 0.200. The number of aromatic nitrogens is 1. The maximum Gasteiger partial charge on any atom is 0.317 e. The zero-order chi connectivity index (χ0) is 26.0. The smallest absolute Gasteiger partial charge is 0.317 e. The molecule has 0 aliphatic carbocycles. The molecule has 0 spiro atoms. The molecule has 0 unspecified atom stereocenters. The van der Waals surface area contributed by atoms with Crippen molar-refractivity contribution >= 4 is 29.6 Å². The number of carboxylic acid groups (broad SMARTS) is 4. The highest BCUT2D eigenvalue weighted by Gasteiger charge is 2.18. The monoisotopic (exact) mass is 484 g/mol. The molecule has 35 heavy (non-hydrogen) atoms. The topological polar surface area (TPSA) is 195 Å². The van der Waals surface area contributed by atoms with Crippen LogP contribution in [0.4, 0.5) is 5.69 Å². The largest absolute Gasteiger partial charge is 0.480 e. The van der Waals surface area contributed by atoms with Crippen molar-refractivity contribution in [3.05, 3.63) is 58.9 Å². The van der Waals surface area contributed by atoms with E-state index in [2.05, 4.69) is 16.8 Å². The second-order valence-corrected chi connectivity index (χ2v) is 7.58. The lowest BCUT2D eigenvalue weighted by Crippen LogP contribution is -2.35. The molecule has 6 N–H and O–H groups in total. The van der Waals surface area contributed by atoms with E-state index < -0.39 is 50.1 Å². The molecule has 0 radical (unpaired) electrons. The Morgan fingerprint density at radius 2 is 1.06 bits per heavy atom. The summed E-state index contributed by atoms with van der Waals surface area (Å²) in [4.78, 5) is 51.3. The van der Waals surface area contributed by atoms with Crippen LogP contribution in [0.3, 0.4) is 0 Å². The van der Waals surface area contributed by atoms with Gasteiger partial charge in [-0.3, -0.25) is 34.0 Å². The normalized spacial score (nSPS) is 10.6. The molecule has 12 nitrogen and oxygen atoms in total. The number of rotatable bonds is 12. The van der Waals surface area contributed by atoms with E-state index in [1.807, 2.05) is 0 Å². The Morgan fingerprint density at radius 3 is 1.43 bits per heavy atom. The van der Waals surface area contributed by atoms with Crippen LogP contribution in [-0.4, -0.2) is 85.3 Å². The minimum absolute atomic E-state index is 0.138. The first-order valence-corrected chi connectivity index (χ1v) is 10.2. The van der Waals surface area contributed by atoms with E-state index in [0.29, 0.717) is 16.8 Å². The SMILES string of the molecule is Nc1ccc(C#Cc2cc(CN(CC(=O)O)CC(=O)O)nc(CN(CC(=O)O)CC(=O)O)c2)cc1.